The van der Waals surface area contributed by atoms with Gasteiger partial charge in [0.05, 0.1) is 0 Å². The lowest BCUT2D eigenvalue weighted by atomic mass is 10.0. The van der Waals surface area contributed by atoms with Gasteiger partial charge in [-0.2, -0.15) is 0 Å². The van der Waals surface area contributed by atoms with Crippen LogP contribution in [0.4, 0.5) is 0 Å². The largest absolute Gasteiger partial charge is 0.462 e. The highest BCUT2D eigenvalue weighted by Crippen LogP contribution is 2.18. The van der Waals surface area contributed by atoms with E-state index < -0.39 is 6.10 Å². The van der Waals surface area contributed by atoms with Crippen LogP contribution in [0.25, 0.3) is 0 Å². The van der Waals surface area contributed by atoms with Crippen molar-refractivity contribution in [2.24, 2.45) is 0 Å². The molecule has 486 valence electrons. The molecule has 0 saturated heterocycles. The van der Waals surface area contributed by atoms with E-state index in [2.05, 4.69) is 69.4 Å². The monoisotopic (exact) mass is 1160 g/mol. The molecule has 0 radical (unpaired) electrons. The second-order valence-corrected chi connectivity index (χ2v) is 25.2. The fourth-order valence-electron chi connectivity index (χ4n) is 11.2. The van der Waals surface area contributed by atoms with Crippen molar-refractivity contribution < 1.29 is 28.6 Å². The van der Waals surface area contributed by atoms with E-state index in [4.69, 9.17) is 14.2 Å². The number of allylic oxidation sites excluding steroid dienone is 8. The molecule has 0 fully saturated rings. The molecular weight excluding hydrogens is 1020 g/mol. The van der Waals surface area contributed by atoms with Gasteiger partial charge in [0, 0.05) is 19.3 Å². The molecule has 83 heavy (non-hydrogen) atoms. The Kier molecular flexibility index (Phi) is 69.6. The van der Waals surface area contributed by atoms with Crippen molar-refractivity contribution in [2.75, 3.05) is 13.2 Å². The van der Waals surface area contributed by atoms with Crippen LogP contribution in [-0.4, -0.2) is 37.2 Å². The highest BCUT2D eigenvalue weighted by Gasteiger charge is 2.19. The molecule has 0 aliphatic carbocycles. The van der Waals surface area contributed by atoms with Gasteiger partial charge in [-0.05, 0) is 103 Å². The van der Waals surface area contributed by atoms with Crippen LogP contribution in [0.1, 0.15) is 406 Å². The predicted molar refractivity (Wildman–Crippen MR) is 362 cm³/mol. The van der Waals surface area contributed by atoms with Crippen molar-refractivity contribution in [3.05, 3.63) is 48.6 Å². The molecule has 0 rings (SSSR count). The van der Waals surface area contributed by atoms with E-state index in [0.29, 0.717) is 19.3 Å². The normalized spacial score (nSPS) is 12.3. The van der Waals surface area contributed by atoms with Crippen LogP contribution < -0.4 is 0 Å². The second-order valence-electron chi connectivity index (χ2n) is 25.2. The number of carbonyl (C=O) groups excluding carboxylic acids is 3. The first-order chi connectivity index (χ1) is 41.0. The quantitative estimate of drug-likeness (QED) is 0.0261. The molecule has 0 aliphatic rings. The van der Waals surface area contributed by atoms with Crippen molar-refractivity contribution in [3.8, 4) is 0 Å². The summed E-state index contributed by atoms with van der Waals surface area (Å²) >= 11 is 0. The molecule has 1 atom stereocenters. The zero-order valence-electron chi connectivity index (χ0n) is 56.0. The molecule has 1 unspecified atom stereocenters. The molecule has 0 spiro atoms. The summed E-state index contributed by atoms with van der Waals surface area (Å²) in [6.07, 6.45) is 91.6. The summed E-state index contributed by atoms with van der Waals surface area (Å²) in [5, 5.41) is 0. The Morgan fingerprint density at radius 1 is 0.241 bits per heavy atom. The lowest BCUT2D eigenvalue weighted by Crippen LogP contribution is -2.30. The molecule has 0 aliphatic heterocycles. The fraction of sp³-hybridized carbons (Fsp3) is 0.857. The van der Waals surface area contributed by atoms with Crippen molar-refractivity contribution >= 4 is 17.9 Å². The van der Waals surface area contributed by atoms with Crippen LogP contribution in [0.5, 0.6) is 0 Å². The third-order valence-corrected chi connectivity index (χ3v) is 16.8. The molecule has 0 heterocycles. The van der Waals surface area contributed by atoms with Gasteiger partial charge < -0.3 is 14.2 Å². The highest BCUT2D eigenvalue weighted by atomic mass is 16.6. The third kappa shape index (κ3) is 70.0. The van der Waals surface area contributed by atoms with Crippen molar-refractivity contribution in [1.29, 1.82) is 0 Å². The van der Waals surface area contributed by atoms with Gasteiger partial charge in [0.25, 0.3) is 0 Å². The van der Waals surface area contributed by atoms with Gasteiger partial charge in [-0.25, -0.2) is 0 Å². The molecule has 0 bridgehead atoms. The Hall–Kier alpha value is -2.63. The fourth-order valence-corrected chi connectivity index (χ4v) is 11.2. The van der Waals surface area contributed by atoms with Crippen molar-refractivity contribution in [1.82, 2.24) is 0 Å². The number of ether oxygens (including phenoxy) is 3. The molecule has 0 aromatic heterocycles. The summed E-state index contributed by atoms with van der Waals surface area (Å²) in [5.74, 6) is -0.861. The van der Waals surface area contributed by atoms with Gasteiger partial charge >= 0.3 is 17.9 Å². The third-order valence-electron chi connectivity index (χ3n) is 16.8. The summed E-state index contributed by atoms with van der Waals surface area (Å²) in [5.41, 5.74) is 0. The van der Waals surface area contributed by atoms with Gasteiger partial charge in [-0.15, -0.1) is 0 Å². The minimum absolute atomic E-state index is 0.0734. The predicted octanol–water partition coefficient (Wildman–Crippen LogP) is 25.7. The van der Waals surface area contributed by atoms with Gasteiger partial charge in [-0.1, -0.05) is 333 Å². The average molecular weight is 1160 g/mol. The summed E-state index contributed by atoms with van der Waals surface area (Å²) < 4.78 is 17.0. The van der Waals surface area contributed by atoms with Crippen LogP contribution in [-0.2, 0) is 28.6 Å². The van der Waals surface area contributed by atoms with Gasteiger partial charge in [0.15, 0.2) is 6.10 Å². The zero-order valence-corrected chi connectivity index (χ0v) is 56.0. The molecule has 0 N–H and O–H groups in total. The maximum absolute atomic E-state index is 13.0. The summed E-state index contributed by atoms with van der Waals surface area (Å²) in [4.78, 5) is 38.4. The molecule has 6 nitrogen and oxygen atoms in total. The average Bonchev–Trinajstić information content (AvgIpc) is 3.49. The lowest BCUT2D eigenvalue weighted by molar-refractivity contribution is -0.167. The van der Waals surface area contributed by atoms with Gasteiger partial charge in [0.2, 0.25) is 0 Å². The minimum Gasteiger partial charge on any atom is -0.462 e. The van der Waals surface area contributed by atoms with Gasteiger partial charge in [0.1, 0.15) is 13.2 Å². The van der Waals surface area contributed by atoms with Crippen LogP contribution in [0.15, 0.2) is 48.6 Å². The number of rotatable bonds is 69. The molecule has 0 saturated carbocycles. The number of unbranched alkanes of at least 4 members (excludes halogenated alkanes) is 50. The van der Waals surface area contributed by atoms with E-state index in [0.717, 1.165) is 70.6 Å². The topological polar surface area (TPSA) is 78.9 Å². The molecular formula is C77H142O6. The maximum atomic E-state index is 13.0. The highest BCUT2D eigenvalue weighted by molar-refractivity contribution is 5.71. The number of hydrogen-bond donors (Lipinski definition) is 0. The van der Waals surface area contributed by atoms with Crippen LogP contribution in [0, 0.1) is 0 Å². The first kappa shape index (κ1) is 80.4. The van der Waals surface area contributed by atoms with E-state index >= 15 is 0 Å². The van der Waals surface area contributed by atoms with E-state index in [1.807, 2.05) is 0 Å². The Morgan fingerprint density at radius 2 is 0.434 bits per heavy atom. The Bertz CT molecular complexity index is 1430. The summed E-state index contributed by atoms with van der Waals surface area (Å²) in [6.45, 7) is 6.67. The lowest BCUT2D eigenvalue weighted by Gasteiger charge is -2.18. The second kappa shape index (κ2) is 71.8. The first-order valence-electron chi connectivity index (χ1n) is 37.1. The molecule has 6 heteroatoms. The van der Waals surface area contributed by atoms with Crippen LogP contribution in [0.2, 0.25) is 0 Å². The van der Waals surface area contributed by atoms with E-state index in [1.165, 1.54) is 295 Å². The standard InChI is InChI=1S/C77H142O6/c1-4-7-10-13-16-19-22-25-27-29-31-33-34-35-36-37-38-39-40-41-42-44-45-47-49-52-55-58-61-64-67-70-76(79)82-73-74(72-81-75(78)69-66-63-60-57-54-51-24-21-18-15-12-9-6-3)83-77(80)71-68-65-62-59-56-53-50-48-46-43-32-30-28-26-23-20-17-14-11-8-5-2/h21,23-24,26,29-32,74H,4-20,22,25,27-28,33-73H2,1-3H3/b24-21-,26-23-,31-29-,32-30-. The summed E-state index contributed by atoms with van der Waals surface area (Å²) in [7, 11) is 0. The minimum atomic E-state index is -0.779. The van der Waals surface area contributed by atoms with Crippen molar-refractivity contribution in [2.45, 2.75) is 412 Å². The van der Waals surface area contributed by atoms with Crippen LogP contribution >= 0.6 is 0 Å². The number of esters is 3. The molecule has 0 amide bonds. The van der Waals surface area contributed by atoms with E-state index in [1.54, 1.807) is 0 Å². The van der Waals surface area contributed by atoms with E-state index in [-0.39, 0.29) is 31.1 Å². The van der Waals surface area contributed by atoms with Crippen molar-refractivity contribution in [3.63, 3.8) is 0 Å². The summed E-state index contributed by atoms with van der Waals surface area (Å²) in [6, 6.07) is 0. The Balaban J connectivity index is 4.17. The Labute approximate surface area is 518 Å². The zero-order chi connectivity index (χ0) is 59.9. The smallest absolute Gasteiger partial charge is 0.306 e. The Morgan fingerprint density at radius 3 is 0.687 bits per heavy atom. The molecule has 0 aromatic carbocycles. The SMILES string of the molecule is CCCCCC/C=C\CCCCCCCC(=O)OCC(COC(=O)CCCCCCCCCCCCCCCCCCCCC/C=C\CCCCCCCCCC)OC(=O)CCCCCCCCCCC/C=C\C/C=C\CCCCCCC. The molecule has 0 aromatic rings. The first-order valence-corrected chi connectivity index (χ1v) is 37.1. The van der Waals surface area contributed by atoms with E-state index in [9.17, 15) is 14.4 Å². The van der Waals surface area contributed by atoms with Crippen LogP contribution in [0.3, 0.4) is 0 Å². The maximum Gasteiger partial charge on any atom is 0.306 e. The number of carbonyl (C=O) groups is 3. The van der Waals surface area contributed by atoms with Gasteiger partial charge in [-0.3, -0.25) is 14.4 Å². The number of hydrogen-bond acceptors (Lipinski definition) is 6.